The zero-order valence-electron chi connectivity index (χ0n) is 9.72. The fourth-order valence-electron chi connectivity index (χ4n) is 1.25. The molecule has 0 amide bonds. The number of carboxylic acid groups (broad SMARTS) is 1. The third-order valence-corrected chi connectivity index (χ3v) is 4.02. The molecule has 20 heavy (non-hydrogen) atoms. The minimum atomic E-state index is -4.40. The predicted octanol–water partition coefficient (Wildman–Crippen LogP) is 3.55. The topological polar surface area (TPSA) is 63.1 Å². The number of rotatable bonds is 4. The summed E-state index contributed by atoms with van der Waals surface area (Å²) in [7, 11) is 0. The molecule has 0 aliphatic rings. The summed E-state index contributed by atoms with van der Waals surface area (Å²) in [5.41, 5.74) is -0.247. The molecule has 2 aromatic heterocycles. The number of hydrogen-bond donors (Lipinski definition) is 1. The third kappa shape index (κ3) is 3.70. The molecule has 0 fully saturated rings. The monoisotopic (exact) mass is 320 g/mol. The summed E-state index contributed by atoms with van der Waals surface area (Å²) in [6, 6.07) is 2.23. The van der Waals surface area contributed by atoms with E-state index >= 15 is 0 Å². The first-order valence-electron chi connectivity index (χ1n) is 5.20. The lowest BCUT2D eigenvalue weighted by Crippen LogP contribution is -2.05. The second-order valence-corrected chi connectivity index (χ2v) is 5.47. The summed E-state index contributed by atoms with van der Waals surface area (Å²) in [6.07, 6.45) is -3.63. The van der Waals surface area contributed by atoms with E-state index in [-0.39, 0.29) is 5.01 Å². The van der Waals surface area contributed by atoms with E-state index < -0.39 is 17.7 Å². The van der Waals surface area contributed by atoms with Gasteiger partial charge in [-0.05, 0) is 12.1 Å². The molecule has 0 spiro atoms. The zero-order valence-corrected chi connectivity index (χ0v) is 11.3. The first-order valence-corrected chi connectivity index (χ1v) is 7.06. The molecule has 1 N–H and O–H groups in total. The summed E-state index contributed by atoms with van der Waals surface area (Å²) in [5.74, 6) is -0.749. The number of pyridine rings is 1. The molecule has 2 rings (SSSR count). The predicted molar refractivity (Wildman–Crippen MR) is 67.9 cm³/mol. The van der Waals surface area contributed by atoms with Gasteiger partial charge in [0.1, 0.15) is 0 Å². The lowest BCUT2D eigenvalue weighted by Gasteiger charge is -2.06. The van der Waals surface area contributed by atoms with Crippen molar-refractivity contribution >= 4 is 29.1 Å². The number of aromatic nitrogens is 2. The number of alkyl halides is 3. The first kappa shape index (κ1) is 14.8. The first-order chi connectivity index (χ1) is 9.36. The molecule has 0 unspecified atom stereocenters. The standard InChI is InChI=1S/C11H7F3N2O2S2/c12-11(13,14)6-1-2-8(15-3-6)19-4-7-5-20-9(16-7)10(17)18/h1-3,5H,4H2,(H,17,18). The van der Waals surface area contributed by atoms with E-state index in [2.05, 4.69) is 9.97 Å². The average molecular weight is 320 g/mol. The number of thioether (sulfide) groups is 1. The highest BCUT2D eigenvalue weighted by Gasteiger charge is 2.30. The van der Waals surface area contributed by atoms with Crippen LogP contribution in [0.1, 0.15) is 21.1 Å². The lowest BCUT2D eigenvalue weighted by molar-refractivity contribution is -0.137. The average Bonchev–Trinajstić information content (AvgIpc) is 2.85. The molecule has 0 saturated carbocycles. The fourth-order valence-corrected chi connectivity index (χ4v) is 2.75. The molecule has 2 aromatic rings. The highest BCUT2D eigenvalue weighted by Crippen LogP contribution is 2.30. The van der Waals surface area contributed by atoms with Gasteiger partial charge < -0.3 is 5.11 Å². The van der Waals surface area contributed by atoms with Crippen LogP contribution in [-0.2, 0) is 11.9 Å². The summed E-state index contributed by atoms with van der Waals surface area (Å²) >= 11 is 2.20. The van der Waals surface area contributed by atoms with E-state index in [1.807, 2.05) is 0 Å². The molecule has 0 atom stereocenters. The minimum absolute atomic E-state index is 0.0130. The van der Waals surface area contributed by atoms with Crippen molar-refractivity contribution in [3.8, 4) is 0 Å². The van der Waals surface area contributed by atoms with Crippen LogP contribution in [0.3, 0.4) is 0 Å². The van der Waals surface area contributed by atoms with Gasteiger partial charge in [-0.2, -0.15) is 13.2 Å². The summed E-state index contributed by atoms with van der Waals surface area (Å²) in [4.78, 5) is 18.2. The maximum atomic E-state index is 12.3. The van der Waals surface area contributed by atoms with Crippen LogP contribution >= 0.6 is 23.1 Å². The van der Waals surface area contributed by atoms with Crippen molar-refractivity contribution in [3.05, 3.63) is 40.0 Å². The van der Waals surface area contributed by atoms with Crippen molar-refractivity contribution in [2.24, 2.45) is 0 Å². The van der Waals surface area contributed by atoms with E-state index in [9.17, 15) is 18.0 Å². The van der Waals surface area contributed by atoms with Crippen LogP contribution in [0.25, 0.3) is 0 Å². The van der Waals surface area contributed by atoms with Crippen LogP contribution in [0.2, 0.25) is 0 Å². The maximum Gasteiger partial charge on any atom is 0.417 e. The van der Waals surface area contributed by atoms with Gasteiger partial charge in [0.25, 0.3) is 0 Å². The highest BCUT2D eigenvalue weighted by molar-refractivity contribution is 7.98. The summed E-state index contributed by atoms with van der Waals surface area (Å²) in [5, 5.41) is 10.7. The van der Waals surface area contributed by atoms with Gasteiger partial charge in [0.2, 0.25) is 5.01 Å². The summed E-state index contributed by atoms with van der Waals surface area (Å²) < 4.78 is 37.0. The number of hydrogen-bond acceptors (Lipinski definition) is 5. The van der Waals surface area contributed by atoms with Crippen LogP contribution in [0, 0.1) is 0 Å². The van der Waals surface area contributed by atoms with E-state index in [0.717, 1.165) is 23.6 Å². The zero-order chi connectivity index (χ0) is 14.8. The molecule has 0 bridgehead atoms. The Kier molecular flexibility index (Phi) is 4.29. The molecule has 9 heteroatoms. The van der Waals surface area contributed by atoms with Gasteiger partial charge in [0.15, 0.2) is 0 Å². The Bertz CT molecular complexity index is 611. The normalized spacial score (nSPS) is 11.6. The van der Waals surface area contributed by atoms with Crippen molar-refractivity contribution in [1.29, 1.82) is 0 Å². The molecule has 0 radical (unpaired) electrons. The van der Waals surface area contributed by atoms with Crippen molar-refractivity contribution in [2.45, 2.75) is 17.0 Å². The largest absolute Gasteiger partial charge is 0.476 e. The van der Waals surface area contributed by atoms with Crippen molar-refractivity contribution in [1.82, 2.24) is 9.97 Å². The number of carbonyl (C=O) groups is 1. The second kappa shape index (κ2) is 5.80. The Morgan fingerprint density at radius 3 is 2.65 bits per heavy atom. The number of nitrogens with zero attached hydrogens (tertiary/aromatic N) is 2. The third-order valence-electron chi connectivity index (χ3n) is 2.17. The molecule has 0 aromatic carbocycles. The van der Waals surface area contributed by atoms with Crippen LogP contribution < -0.4 is 0 Å². The SMILES string of the molecule is O=C(O)c1nc(CSc2ccc(C(F)(F)F)cn2)cs1. The number of aromatic carboxylic acids is 1. The smallest absolute Gasteiger partial charge is 0.417 e. The van der Waals surface area contributed by atoms with E-state index in [4.69, 9.17) is 5.11 Å². The van der Waals surface area contributed by atoms with Crippen LogP contribution in [0.5, 0.6) is 0 Å². The maximum absolute atomic E-state index is 12.3. The molecule has 4 nitrogen and oxygen atoms in total. The summed E-state index contributed by atoms with van der Waals surface area (Å²) in [6.45, 7) is 0. The van der Waals surface area contributed by atoms with Crippen LogP contribution in [0.4, 0.5) is 13.2 Å². The lowest BCUT2D eigenvalue weighted by atomic mass is 10.3. The van der Waals surface area contributed by atoms with Crippen molar-refractivity contribution in [3.63, 3.8) is 0 Å². The van der Waals surface area contributed by atoms with E-state index in [1.165, 1.54) is 17.8 Å². The van der Waals surface area contributed by atoms with Gasteiger partial charge in [0.05, 0.1) is 16.3 Å². The molecular formula is C11H7F3N2O2S2. The molecule has 0 aliphatic carbocycles. The van der Waals surface area contributed by atoms with Gasteiger partial charge in [-0.15, -0.1) is 23.1 Å². The highest BCUT2D eigenvalue weighted by atomic mass is 32.2. The van der Waals surface area contributed by atoms with Crippen molar-refractivity contribution in [2.75, 3.05) is 0 Å². The van der Waals surface area contributed by atoms with Gasteiger partial charge in [-0.1, -0.05) is 0 Å². The van der Waals surface area contributed by atoms with Gasteiger partial charge in [-0.3, -0.25) is 0 Å². The Morgan fingerprint density at radius 2 is 2.15 bits per heavy atom. The molecule has 0 aliphatic heterocycles. The molecule has 106 valence electrons. The van der Waals surface area contributed by atoms with Gasteiger partial charge in [0, 0.05) is 17.3 Å². The Balaban J connectivity index is 1.98. The quantitative estimate of drug-likeness (QED) is 0.873. The van der Waals surface area contributed by atoms with E-state index in [1.54, 1.807) is 5.38 Å². The molecule has 2 heterocycles. The molecule has 0 saturated heterocycles. The van der Waals surface area contributed by atoms with Crippen LogP contribution in [0.15, 0.2) is 28.7 Å². The van der Waals surface area contributed by atoms with Gasteiger partial charge >= 0.3 is 12.1 Å². The van der Waals surface area contributed by atoms with E-state index in [0.29, 0.717) is 16.5 Å². The second-order valence-electron chi connectivity index (χ2n) is 3.62. The number of thiazole rings is 1. The van der Waals surface area contributed by atoms with Crippen molar-refractivity contribution < 1.29 is 23.1 Å². The Labute approximate surface area is 119 Å². The number of carboxylic acids is 1. The van der Waals surface area contributed by atoms with Gasteiger partial charge in [-0.25, -0.2) is 14.8 Å². The molecular weight excluding hydrogens is 313 g/mol. The Hall–Kier alpha value is -1.61. The number of halogens is 3. The Morgan fingerprint density at radius 1 is 1.40 bits per heavy atom. The fraction of sp³-hybridized carbons (Fsp3) is 0.182. The minimum Gasteiger partial charge on any atom is -0.476 e. The van der Waals surface area contributed by atoms with Crippen LogP contribution in [-0.4, -0.2) is 21.0 Å².